The van der Waals surface area contributed by atoms with Crippen molar-refractivity contribution in [3.63, 3.8) is 0 Å². The summed E-state index contributed by atoms with van der Waals surface area (Å²) in [5.41, 5.74) is 3.65. The first-order valence-electron chi connectivity index (χ1n) is 16.4. The number of allylic oxidation sites excluding steroid dienone is 1. The number of anilines is 1. The molecule has 10 N–H and O–H groups in total. The predicted molar refractivity (Wildman–Crippen MR) is 178 cm³/mol. The van der Waals surface area contributed by atoms with Crippen LogP contribution in [0.1, 0.15) is 61.2 Å². The van der Waals surface area contributed by atoms with Crippen molar-refractivity contribution in [3.8, 4) is 6.07 Å². The molecule has 3 aromatic rings. The van der Waals surface area contributed by atoms with E-state index in [4.69, 9.17) is 0 Å². The average Bonchev–Trinajstić information content (AvgIpc) is 3.36. The SMILES string of the molecule is C/C(=C\c1c(C)ncnc1NC1CCN(Cc2ccc3c(cc(C#N)n3CC(C)N3C(O)(O)C(O)(O)NC(O)(O)C3(O)O)c2C)CC1)CC(F)(F)F. The van der Waals surface area contributed by atoms with Crippen molar-refractivity contribution in [1.29, 1.82) is 5.26 Å². The largest absolute Gasteiger partial charge is 0.392 e. The monoisotopic (exact) mass is 736 g/mol. The van der Waals surface area contributed by atoms with Gasteiger partial charge in [0.15, 0.2) is 0 Å². The van der Waals surface area contributed by atoms with Crippen molar-refractivity contribution in [2.45, 2.75) is 102 Å². The number of rotatable bonds is 9. The van der Waals surface area contributed by atoms with E-state index in [1.54, 1.807) is 19.1 Å². The first-order chi connectivity index (χ1) is 24.0. The highest BCUT2D eigenvalue weighted by Crippen LogP contribution is 2.39. The Morgan fingerprint density at radius 1 is 1.06 bits per heavy atom. The summed E-state index contributed by atoms with van der Waals surface area (Å²) >= 11 is 0. The molecule has 0 spiro atoms. The fourth-order valence-corrected chi connectivity index (χ4v) is 6.96. The normalized spacial score (nSPS) is 21.6. The summed E-state index contributed by atoms with van der Waals surface area (Å²) in [7, 11) is 0. The summed E-state index contributed by atoms with van der Waals surface area (Å²) in [5, 5.41) is 97.8. The molecule has 19 heteroatoms. The molecule has 2 aliphatic heterocycles. The Labute approximate surface area is 296 Å². The molecule has 2 fully saturated rings. The molecule has 16 nitrogen and oxygen atoms in total. The second-order valence-corrected chi connectivity index (χ2v) is 13.7. The van der Waals surface area contributed by atoms with Gasteiger partial charge >= 0.3 is 18.0 Å². The maximum absolute atomic E-state index is 12.9. The van der Waals surface area contributed by atoms with E-state index in [2.05, 4.69) is 26.3 Å². The van der Waals surface area contributed by atoms with Gasteiger partial charge in [-0.15, -0.1) is 0 Å². The highest BCUT2D eigenvalue weighted by atomic mass is 19.4. The minimum absolute atomic E-state index is 0.0194. The van der Waals surface area contributed by atoms with Crippen molar-refractivity contribution < 1.29 is 54.0 Å². The number of piperazine rings is 1. The number of aryl methyl sites for hydroxylation is 2. The van der Waals surface area contributed by atoms with E-state index in [1.165, 1.54) is 30.8 Å². The number of hydrogen-bond acceptors (Lipinski definition) is 15. The molecule has 52 heavy (non-hydrogen) atoms. The molecule has 1 aromatic carbocycles. The number of nitriles is 1. The Morgan fingerprint density at radius 2 is 1.67 bits per heavy atom. The maximum Gasteiger partial charge on any atom is 0.392 e. The summed E-state index contributed by atoms with van der Waals surface area (Å²) in [4.78, 5) is 10.6. The molecule has 2 aromatic heterocycles. The molecule has 0 bridgehead atoms. The quantitative estimate of drug-likeness (QED) is 0.132. The van der Waals surface area contributed by atoms with Crippen molar-refractivity contribution in [2.75, 3.05) is 18.4 Å². The Bertz CT molecular complexity index is 1850. The fourth-order valence-electron chi connectivity index (χ4n) is 6.96. The minimum atomic E-state index is -4.32. The Morgan fingerprint density at radius 3 is 2.25 bits per heavy atom. The van der Waals surface area contributed by atoms with Gasteiger partial charge in [0.2, 0.25) is 0 Å². The molecule has 2 saturated heterocycles. The van der Waals surface area contributed by atoms with E-state index in [-0.39, 0.29) is 28.8 Å². The van der Waals surface area contributed by atoms with Crippen LogP contribution < -0.4 is 10.6 Å². The van der Waals surface area contributed by atoms with Gasteiger partial charge in [0, 0.05) is 54.7 Å². The number of piperidine rings is 1. The lowest BCUT2D eigenvalue weighted by Crippen LogP contribution is -2.90. The number of hydrogen-bond donors (Lipinski definition) is 10. The maximum atomic E-state index is 12.9. The van der Waals surface area contributed by atoms with E-state index in [0.717, 1.165) is 29.3 Å². The zero-order valence-corrected chi connectivity index (χ0v) is 28.9. The number of fused-ring (bicyclic) bond motifs is 1. The van der Waals surface area contributed by atoms with Crippen LogP contribution in [0.25, 0.3) is 17.0 Å². The zero-order valence-electron chi connectivity index (χ0n) is 28.9. The van der Waals surface area contributed by atoms with Gasteiger partial charge in [-0.05, 0) is 63.8 Å². The summed E-state index contributed by atoms with van der Waals surface area (Å²) in [6.45, 7) is 7.82. The number of aromatic nitrogens is 3. The van der Waals surface area contributed by atoms with Crippen LogP contribution in [0.15, 0.2) is 30.1 Å². The van der Waals surface area contributed by atoms with Crippen LogP contribution in [0.3, 0.4) is 0 Å². The average molecular weight is 737 g/mol. The van der Waals surface area contributed by atoms with Crippen molar-refractivity contribution in [2.24, 2.45) is 0 Å². The highest BCUT2D eigenvalue weighted by molar-refractivity contribution is 5.86. The summed E-state index contributed by atoms with van der Waals surface area (Å²) in [5.74, 6) is -14.9. The van der Waals surface area contributed by atoms with Crippen LogP contribution in [-0.2, 0) is 13.1 Å². The summed E-state index contributed by atoms with van der Waals surface area (Å²) in [6, 6.07) is 5.81. The van der Waals surface area contributed by atoms with E-state index >= 15 is 0 Å². The molecule has 0 aliphatic carbocycles. The van der Waals surface area contributed by atoms with Gasteiger partial charge in [-0.25, -0.2) is 15.3 Å². The predicted octanol–water partition coefficient (Wildman–Crippen LogP) is 0.199. The van der Waals surface area contributed by atoms with Crippen LogP contribution in [0.5, 0.6) is 0 Å². The molecule has 5 rings (SSSR count). The van der Waals surface area contributed by atoms with Gasteiger partial charge in [-0.2, -0.15) is 23.3 Å². The topological polar surface area (TPSA) is 247 Å². The Balaban J connectivity index is 1.30. The molecule has 0 radical (unpaired) electrons. The molecule has 1 unspecified atom stereocenters. The number of nitrogens with zero attached hydrogens (tertiary/aromatic N) is 6. The number of likely N-dealkylation sites (tertiary alicyclic amines) is 1. The third-order valence-electron chi connectivity index (χ3n) is 9.70. The number of alkyl halides is 3. The van der Waals surface area contributed by atoms with Crippen LogP contribution >= 0.6 is 0 Å². The van der Waals surface area contributed by atoms with Gasteiger partial charge < -0.3 is 50.7 Å². The van der Waals surface area contributed by atoms with Crippen LogP contribution in [-0.4, -0.2) is 120 Å². The van der Waals surface area contributed by atoms with Gasteiger partial charge in [0.1, 0.15) is 23.9 Å². The first-order valence-corrected chi connectivity index (χ1v) is 16.4. The van der Waals surface area contributed by atoms with Crippen LogP contribution in [0.2, 0.25) is 0 Å². The van der Waals surface area contributed by atoms with Crippen molar-refractivity contribution >= 4 is 22.8 Å². The minimum Gasteiger partial charge on any atom is -0.367 e. The second-order valence-electron chi connectivity index (χ2n) is 13.7. The highest BCUT2D eigenvalue weighted by Gasteiger charge is 2.73. The standard InChI is InChI=1S/C33H43F3N8O8/c1-18(13-29(34,35)36)11-26-21(4)38-17-39-28(26)40-23-7-9-42(10-8-23)16-22-5-6-27-25(20(22)3)12-24(14-37)43(27)15-19(2)44-32(49,50)30(45,46)41-31(47,48)33(44,51)52/h5-6,11-12,17,19,23,41,45-52H,7-10,13,15-16H2,1-4H3,(H,38,39,40)/b18-11+. The third kappa shape index (κ3) is 7.50. The number of benzene rings is 1. The smallest absolute Gasteiger partial charge is 0.367 e. The van der Waals surface area contributed by atoms with Gasteiger partial charge in [-0.3, -0.25) is 4.90 Å². The molecular formula is C33H43F3N8O8. The second kappa shape index (κ2) is 13.9. The molecule has 4 heterocycles. The molecule has 284 valence electrons. The molecule has 0 saturated carbocycles. The molecule has 0 amide bonds. The Kier molecular flexibility index (Phi) is 10.5. The fraction of sp³-hybridized carbons (Fsp3) is 0.545. The van der Waals surface area contributed by atoms with Crippen LogP contribution in [0.4, 0.5) is 19.0 Å². The van der Waals surface area contributed by atoms with Gasteiger partial charge in [0.25, 0.3) is 11.8 Å². The lowest BCUT2D eigenvalue weighted by molar-refractivity contribution is -0.569. The number of aliphatic hydroxyl groups is 8. The van der Waals surface area contributed by atoms with Crippen LogP contribution in [0, 0.1) is 25.2 Å². The Hall–Kier alpha value is -3.78. The van der Waals surface area contributed by atoms with Crippen molar-refractivity contribution in [3.05, 3.63) is 58.2 Å². The lowest BCUT2D eigenvalue weighted by Gasteiger charge is -2.58. The van der Waals surface area contributed by atoms with Crippen molar-refractivity contribution in [1.82, 2.24) is 29.7 Å². The zero-order chi connectivity index (χ0) is 38.6. The van der Waals surface area contributed by atoms with E-state index in [1.807, 2.05) is 13.0 Å². The third-order valence-corrected chi connectivity index (χ3v) is 9.70. The lowest BCUT2D eigenvalue weighted by atomic mass is 10.0. The van der Waals surface area contributed by atoms with E-state index in [9.17, 15) is 59.3 Å². The first kappa shape index (κ1) is 39.4. The number of halogens is 3. The summed E-state index contributed by atoms with van der Waals surface area (Å²) < 4.78 is 40.3. The van der Waals surface area contributed by atoms with E-state index < -0.39 is 42.3 Å². The van der Waals surface area contributed by atoms with Gasteiger partial charge in [-0.1, -0.05) is 17.7 Å². The number of nitrogens with one attached hydrogen (secondary N) is 2. The van der Waals surface area contributed by atoms with E-state index in [0.29, 0.717) is 47.6 Å². The van der Waals surface area contributed by atoms with Gasteiger partial charge in [0.05, 0.1) is 12.1 Å². The molecular weight excluding hydrogens is 693 g/mol. The molecule has 2 aliphatic rings. The summed E-state index contributed by atoms with van der Waals surface area (Å²) in [6.07, 6.45) is -1.05. The molecule has 1 atom stereocenters.